The van der Waals surface area contributed by atoms with Gasteiger partial charge in [0.25, 0.3) is 0 Å². The minimum atomic E-state index is 0.159. The number of benzene rings is 2. The molecule has 0 N–H and O–H groups in total. The van der Waals surface area contributed by atoms with Crippen molar-refractivity contribution in [3.63, 3.8) is 0 Å². The molecule has 2 aromatic carbocycles. The van der Waals surface area contributed by atoms with Crippen molar-refractivity contribution in [2.24, 2.45) is 0 Å². The highest BCUT2D eigenvalue weighted by molar-refractivity contribution is 5.89. The van der Waals surface area contributed by atoms with Crippen LogP contribution in [0.5, 0.6) is 5.75 Å². The minimum Gasteiger partial charge on any atom is -0.491 e. The fraction of sp³-hybridized carbons (Fsp3) is 0.214. The zero-order valence-corrected chi connectivity index (χ0v) is 9.44. The molecule has 0 bridgehead atoms. The lowest BCUT2D eigenvalue weighted by atomic mass is 10.1. The molecule has 2 heteroatoms. The molecular weight excluding hydrogens is 200 g/mol. The molecule has 0 heterocycles. The predicted octanol–water partition coefficient (Wildman–Crippen LogP) is 3.44. The standard InChI is InChI=1S/C14H14O2/c1-10(2)16-14-6-5-12-4-3-11(9-15)7-13(12)8-14/h3-10H,1-2H3. The molecule has 0 aliphatic rings. The second-order valence-electron chi connectivity index (χ2n) is 4.05. The van der Waals surface area contributed by atoms with Crippen molar-refractivity contribution in [3.8, 4) is 5.75 Å². The van der Waals surface area contributed by atoms with Crippen LogP contribution in [-0.4, -0.2) is 12.4 Å². The first-order valence-corrected chi connectivity index (χ1v) is 5.34. The van der Waals surface area contributed by atoms with E-state index in [1.54, 1.807) is 0 Å². The molecule has 0 saturated carbocycles. The van der Waals surface area contributed by atoms with E-state index in [9.17, 15) is 4.79 Å². The van der Waals surface area contributed by atoms with E-state index in [0.29, 0.717) is 5.56 Å². The van der Waals surface area contributed by atoms with Crippen LogP contribution in [0.4, 0.5) is 0 Å². The van der Waals surface area contributed by atoms with Crippen molar-refractivity contribution in [2.45, 2.75) is 20.0 Å². The Morgan fingerprint density at radius 1 is 1.06 bits per heavy atom. The van der Waals surface area contributed by atoms with E-state index >= 15 is 0 Å². The van der Waals surface area contributed by atoms with Crippen LogP contribution in [0.15, 0.2) is 36.4 Å². The summed E-state index contributed by atoms with van der Waals surface area (Å²) in [7, 11) is 0. The third kappa shape index (κ3) is 2.22. The van der Waals surface area contributed by atoms with Gasteiger partial charge in [-0.05, 0) is 42.8 Å². The van der Waals surface area contributed by atoms with E-state index in [2.05, 4.69) is 0 Å². The van der Waals surface area contributed by atoms with Gasteiger partial charge in [0, 0.05) is 5.56 Å². The summed E-state index contributed by atoms with van der Waals surface area (Å²) in [5.74, 6) is 0.838. The quantitative estimate of drug-likeness (QED) is 0.731. The molecule has 2 nitrogen and oxygen atoms in total. The molecule has 0 atom stereocenters. The summed E-state index contributed by atoms with van der Waals surface area (Å²) in [5.41, 5.74) is 0.689. The first kappa shape index (κ1) is 10.7. The molecule has 82 valence electrons. The molecule has 0 unspecified atom stereocenters. The molecule has 0 aromatic heterocycles. The molecule has 0 radical (unpaired) electrons. The Bertz CT molecular complexity index is 515. The number of ether oxygens (including phenoxy) is 1. The Morgan fingerprint density at radius 2 is 1.81 bits per heavy atom. The second kappa shape index (κ2) is 4.35. The summed E-state index contributed by atoms with van der Waals surface area (Å²) in [6, 6.07) is 11.5. The van der Waals surface area contributed by atoms with E-state index in [4.69, 9.17) is 4.74 Å². The van der Waals surface area contributed by atoms with E-state index in [-0.39, 0.29) is 6.10 Å². The van der Waals surface area contributed by atoms with Crippen LogP contribution < -0.4 is 4.74 Å². The van der Waals surface area contributed by atoms with Gasteiger partial charge >= 0.3 is 0 Å². The average Bonchev–Trinajstić information content (AvgIpc) is 2.27. The summed E-state index contributed by atoms with van der Waals surface area (Å²) >= 11 is 0. The zero-order valence-electron chi connectivity index (χ0n) is 9.44. The SMILES string of the molecule is CC(C)Oc1ccc2ccc(C=O)cc2c1. The number of rotatable bonds is 3. The van der Waals surface area contributed by atoms with E-state index in [1.807, 2.05) is 50.2 Å². The maximum absolute atomic E-state index is 10.7. The highest BCUT2D eigenvalue weighted by atomic mass is 16.5. The smallest absolute Gasteiger partial charge is 0.150 e. The highest BCUT2D eigenvalue weighted by Gasteiger charge is 2.00. The van der Waals surface area contributed by atoms with Crippen molar-refractivity contribution in [1.82, 2.24) is 0 Å². The molecule has 0 saturated heterocycles. The maximum atomic E-state index is 10.7. The fourth-order valence-electron chi connectivity index (χ4n) is 1.66. The van der Waals surface area contributed by atoms with Gasteiger partial charge in [-0.15, -0.1) is 0 Å². The number of fused-ring (bicyclic) bond motifs is 1. The predicted molar refractivity (Wildman–Crippen MR) is 65.1 cm³/mol. The zero-order chi connectivity index (χ0) is 11.5. The fourth-order valence-corrected chi connectivity index (χ4v) is 1.66. The molecule has 2 aromatic rings. The summed E-state index contributed by atoms with van der Waals surface area (Å²) in [5, 5.41) is 2.14. The number of carbonyl (C=O) groups is 1. The Morgan fingerprint density at radius 3 is 2.50 bits per heavy atom. The summed E-state index contributed by atoms with van der Waals surface area (Å²) in [6.07, 6.45) is 1.02. The molecule has 0 aliphatic carbocycles. The molecule has 16 heavy (non-hydrogen) atoms. The van der Waals surface area contributed by atoms with E-state index in [0.717, 1.165) is 22.8 Å². The van der Waals surface area contributed by atoms with Gasteiger partial charge in [0.1, 0.15) is 12.0 Å². The molecular formula is C14H14O2. The van der Waals surface area contributed by atoms with Crippen LogP contribution >= 0.6 is 0 Å². The summed E-state index contributed by atoms with van der Waals surface area (Å²) in [6.45, 7) is 3.98. The second-order valence-corrected chi connectivity index (χ2v) is 4.05. The number of aldehydes is 1. The monoisotopic (exact) mass is 214 g/mol. The summed E-state index contributed by atoms with van der Waals surface area (Å²) in [4.78, 5) is 10.7. The Labute approximate surface area is 94.8 Å². The first-order valence-electron chi connectivity index (χ1n) is 5.34. The van der Waals surface area contributed by atoms with Crippen molar-refractivity contribution in [1.29, 1.82) is 0 Å². The van der Waals surface area contributed by atoms with E-state index in [1.165, 1.54) is 0 Å². The highest BCUT2D eigenvalue weighted by Crippen LogP contribution is 2.22. The van der Waals surface area contributed by atoms with Gasteiger partial charge in [-0.2, -0.15) is 0 Å². The number of carbonyl (C=O) groups excluding carboxylic acids is 1. The van der Waals surface area contributed by atoms with Crippen LogP contribution in [0.3, 0.4) is 0 Å². The van der Waals surface area contributed by atoms with Gasteiger partial charge in [-0.25, -0.2) is 0 Å². The third-order valence-electron chi connectivity index (χ3n) is 2.34. The van der Waals surface area contributed by atoms with Crippen LogP contribution in [0.25, 0.3) is 10.8 Å². The molecule has 2 rings (SSSR count). The van der Waals surface area contributed by atoms with Crippen molar-refractivity contribution < 1.29 is 9.53 Å². The van der Waals surface area contributed by atoms with Crippen molar-refractivity contribution in [3.05, 3.63) is 42.0 Å². The van der Waals surface area contributed by atoms with Crippen LogP contribution in [-0.2, 0) is 0 Å². The average molecular weight is 214 g/mol. The van der Waals surface area contributed by atoms with Gasteiger partial charge in [-0.1, -0.05) is 18.2 Å². The van der Waals surface area contributed by atoms with Gasteiger partial charge in [0.05, 0.1) is 6.10 Å². The van der Waals surface area contributed by atoms with E-state index < -0.39 is 0 Å². The number of hydrogen-bond donors (Lipinski definition) is 0. The molecule has 0 fully saturated rings. The van der Waals surface area contributed by atoms with Crippen molar-refractivity contribution in [2.75, 3.05) is 0 Å². The molecule has 0 spiro atoms. The largest absolute Gasteiger partial charge is 0.491 e. The lowest BCUT2D eigenvalue weighted by Gasteiger charge is -2.10. The lowest BCUT2D eigenvalue weighted by molar-refractivity contribution is 0.112. The van der Waals surface area contributed by atoms with Crippen molar-refractivity contribution >= 4 is 17.1 Å². The molecule has 0 aliphatic heterocycles. The topological polar surface area (TPSA) is 26.3 Å². The van der Waals surface area contributed by atoms with Gasteiger partial charge < -0.3 is 4.74 Å². The van der Waals surface area contributed by atoms with Crippen LogP contribution in [0, 0.1) is 0 Å². The number of hydrogen-bond acceptors (Lipinski definition) is 2. The normalized spacial score (nSPS) is 10.7. The lowest BCUT2D eigenvalue weighted by Crippen LogP contribution is -2.05. The van der Waals surface area contributed by atoms with Gasteiger partial charge in [-0.3, -0.25) is 4.79 Å². The van der Waals surface area contributed by atoms with Crippen LogP contribution in [0.1, 0.15) is 24.2 Å². The Hall–Kier alpha value is -1.83. The van der Waals surface area contributed by atoms with Gasteiger partial charge in [0.2, 0.25) is 0 Å². The summed E-state index contributed by atoms with van der Waals surface area (Å²) < 4.78 is 5.61. The Balaban J connectivity index is 2.46. The molecule has 0 amide bonds. The van der Waals surface area contributed by atoms with Crippen LogP contribution in [0.2, 0.25) is 0 Å². The third-order valence-corrected chi connectivity index (χ3v) is 2.34. The minimum absolute atomic E-state index is 0.159. The maximum Gasteiger partial charge on any atom is 0.150 e. The Kier molecular flexibility index (Phi) is 2.91. The first-order chi connectivity index (χ1) is 7.69. The van der Waals surface area contributed by atoms with Gasteiger partial charge in [0.15, 0.2) is 0 Å².